The van der Waals surface area contributed by atoms with Crippen molar-refractivity contribution in [3.63, 3.8) is 0 Å². The first kappa shape index (κ1) is 18.8. The van der Waals surface area contributed by atoms with Gasteiger partial charge in [0.1, 0.15) is 18.1 Å². The van der Waals surface area contributed by atoms with Crippen LogP contribution in [0.3, 0.4) is 0 Å². The minimum atomic E-state index is -0.551. The molecule has 2 rings (SSSR count). The normalized spacial score (nSPS) is 11.7. The number of benzene rings is 2. The molecule has 0 saturated carbocycles. The molecule has 2 aromatic rings. The summed E-state index contributed by atoms with van der Waals surface area (Å²) in [6, 6.07) is 13.9. The molecule has 0 aliphatic heterocycles. The van der Waals surface area contributed by atoms with E-state index in [4.69, 9.17) is 9.47 Å². The average molecular weight is 341 g/mol. The van der Waals surface area contributed by atoms with Crippen molar-refractivity contribution < 1.29 is 14.3 Å². The van der Waals surface area contributed by atoms with Gasteiger partial charge in [-0.05, 0) is 56.5 Å². The van der Waals surface area contributed by atoms with Gasteiger partial charge in [-0.15, -0.1) is 0 Å². The fraction of sp³-hybridized carbons (Fsp3) is 0.381. The highest BCUT2D eigenvalue weighted by Gasteiger charge is 2.15. The third kappa shape index (κ3) is 5.82. The van der Waals surface area contributed by atoms with E-state index in [-0.39, 0.29) is 5.91 Å². The molecule has 0 unspecified atom stereocenters. The molecule has 1 atom stereocenters. The summed E-state index contributed by atoms with van der Waals surface area (Å²) in [6.45, 7) is 8.74. The SMILES string of the molecule is CCc1ccc(OCCNC(=O)[C@@H](C)Oc2ccc(C)cc2C)cc1. The van der Waals surface area contributed by atoms with Gasteiger partial charge in [-0.1, -0.05) is 36.8 Å². The van der Waals surface area contributed by atoms with E-state index in [0.29, 0.717) is 13.2 Å². The number of carbonyl (C=O) groups excluding carboxylic acids is 1. The second kappa shape index (κ2) is 9.11. The van der Waals surface area contributed by atoms with Gasteiger partial charge < -0.3 is 14.8 Å². The molecule has 134 valence electrons. The van der Waals surface area contributed by atoms with E-state index in [0.717, 1.165) is 23.5 Å². The van der Waals surface area contributed by atoms with E-state index in [9.17, 15) is 4.79 Å². The summed E-state index contributed by atoms with van der Waals surface area (Å²) >= 11 is 0. The van der Waals surface area contributed by atoms with Crippen LogP contribution in [0.25, 0.3) is 0 Å². The van der Waals surface area contributed by atoms with Crippen molar-refractivity contribution >= 4 is 5.91 Å². The van der Waals surface area contributed by atoms with Crippen LogP contribution in [0.2, 0.25) is 0 Å². The van der Waals surface area contributed by atoms with Crippen molar-refractivity contribution in [2.24, 2.45) is 0 Å². The number of aryl methyl sites for hydroxylation is 3. The molecule has 0 saturated heterocycles. The Morgan fingerprint density at radius 2 is 1.84 bits per heavy atom. The molecular weight excluding hydrogens is 314 g/mol. The molecule has 0 heterocycles. The Balaban J connectivity index is 1.73. The van der Waals surface area contributed by atoms with Crippen molar-refractivity contribution in [1.29, 1.82) is 0 Å². The van der Waals surface area contributed by atoms with Gasteiger partial charge in [0.25, 0.3) is 5.91 Å². The van der Waals surface area contributed by atoms with Crippen LogP contribution in [-0.2, 0) is 11.2 Å². The molecule has 0 aliphatic carbocycles. The highest BCUT2D eigenvalue weighted by molar-refractivity contribution is 5.80. The van der Waals surface area contributed by atoms with E-state index in [1.54, 1.807) is 6.92 Å². The lowest BCUT2D eigenvalue weighted by atomic mass is 10.1. The van der Waals surface area contributed by atoms with Crippen LogP contribution >= 0.6 is 0 Å². The van der Waals surface area contributed by atoms with Crippen molar-refractivity contribution in [2.45, 2.75) is 40.2 Å². The summed E-state index contributed by atoms with van der Waals surface area (Å²) in [5.74, 6) is 1.40. The second-order valence-corrected chi connectivity index (χ2v) is 6.17. The van der Waals surface area contributed by atoms with Crippen molar-refractivity contribution in [1.82, 2.24) is 5.32 Å². The summed E-state index contributed by atoms with van der Waals surface area (Å²) < 4.78 is 11.4. The predicted octanol–water partition coefficient (Wildman–Crippen LogP) is 3.83. The third-order valence-electron chi connectivity index (χ3n) is 4.01. The fourth-order valence-electron chi connectivity index (χ4n) is 2.48. The van der Waals surface area contributed by atoms with Gasteiger partial charge in [-0.25, -0.2) is 0 Å². The highest BCUT2D eigenvalue weighted by Crippen LogP contribution is 2.20. The van der Waals surface area contributed by atoms with Crippen molar-refractivity contribution in [3.05, 3.63) is 59.2 Å². The van der Waals surface area contributed by atoms with Crippen LogP contribution in [0, 0.1) is 13.8 Å². The van der Waals surface area contributed by atoms with E-state index in [2.05, 4.69) is 12.2 Å². The first-order valence-corrected chi connectivity index (χ1v) is 8.73. The molecule has 0 spiro atoms. The maximum absolute atomic E-state index is 12.1. The van der Waals surface area contributed by atoms with Crippen molar-refractivity contribution in [3.8, 4) is 11.5 Å². The minimum Gasteiger partial charge on any atom is -0.492 e. The predicted molar refractivity (Wildman–Crippen MR) is 100 cm³/mol. The molecule has 0 bridgehead atoms. The number of nitrogens with one attached hydrogen (secondary N) is 1. The summed E-state index contributed by atoms with van der Waals surface area (Å²) in [5.41, 5.74) is 3.47. The van der Waals surface area contributed by atoms with Crippen LogP contribution in [0.15, 0.2) is 42.5 Å². The maximum Gasteiger partial charge on any atom is 0.260 e. The summed E-state index contributed by atoms with van der Waals surface area (Å²) in [5, 5.41) is 2.84. The van der Waals surface area contributed by atoms with Gasteiger partial charge in [-0.2, -0.15) is 0 Å². The Bertz CT molecular complexity index is 695. The molecular formula is C21H27NO3. The van der Waals surface area contributed by atoms with Gasteiger partial charge in [0.15, 0.2) is 6.10 Å². The maximum atomic E-state index is 12.1. The summed E-state index contributed by atoms with van der Waals surface area (Å²) in [7, 11) is 0. The quantitative estimate of drug-likeness (QED) is 0.742. The molecule has 2 aromatic carbocycles. The summed E-state index contributed by atoms with van der Waals surface area (Å²) in [6.07, 6.45) is 0.458. The lowest BCUT2D eigenvalue weighted by Crippen LogP contribution is -2.38. The standard InChI is InChI=1S/C21H27NO3/c1-5-18-7-9-19(10-8-18)24-13-12-22-21(23)17(4)25-20-11-6-15(2)14-16(20)3/h6-11,14,17H,5,12-13H2,1-4H3,(H,22,23)/t17-/m1/s1. The Hall–Kier alpha value is -2.49. The number of rotatable bonds is 8. The third-order valence-corrected chi connectivity index (χ3v) is 4.01. The van der Waals surface area contributed by atoms with Gasteiger partial charge >= 0.3 is 0 Å². The molecule has 25 heavy (non-hydrogen) atoms. The Kier molecular flexibility index (Phi) is 6.87. The van der Waals surface area contributed by atoms with Gasteiger partial charge in [0.2, 0.25) is 0 Å². The molecule has 0 radical (unpaired) electrons. The summed E-state index contributed by atoms with van der Waals surface area (Å²) in [4.78, 5) is 12.1. The molecule has 0 fully saturated rings. The van der Waals surface area contributed by atoms with Gasteiger partial charge in [0, 0.05) is 0 Å². The first-order chi connectivity index (χ1) is 12.0. The fourth-order valence-corrected chi connectivity index (χ4v) is 2.48. The molecule has 1 amide bonds. The second-order valence-electron chi connectivity index (χ2n) is 6.17. The monoisotopic (exact) mass is 341 g/mol. The zero-order chi connectivity index (χ0) is 18.2. The topological polar surface area (TPSA) is 47.6 Å². The van der Waals surface area contributed by atoms with Crippen LogP contribution in [0.4, 0.5) is 0 Å². The Morgan fingerprint density at radius 3 is 2.48 bits per heavy atom. The Morgan fingerprint density at radius 1 is 1.12 bits per heavy atom. The zero-order valence-corrected chi connectivity index (χ0v) is 15.5. The van der Waals surface area contributed by atoms with Gasteiger partial charge in [-0.3, -0.25) is 4.79 Å². The molecule has 0 aromatic heterocycles. The smallest absolute Gasteiger partial charge is 0.260 e. The van der Waals surface area contributed by atoms with Crippen molar-refractivity contribution in [2.75, 3.05) is 13.2 Å². The number of hydrogen-bond donors (Lipinski definition) is 1. The van der Waals surface area contributed by atoms with E-state index in [1.807, 2.05) is 56.3 Å². The lowest BCUT2D eigenvalue weighted by molar-refractivity contribution is -0.127. The molecule has 0 aliphatic rings. The van der Waals surface area contributed by atoms with E-state index >= 15 is 0 Å². The van der Waals surface area contributed by atoms with Crippen LogP contribution in [0.5, 0.6) is 11.5 Å². The number of carbonyl (C=O) groups is 1. The number of ether oxygens (including phenoxy) is 2. The van der Waals surface area contributed by atoms with E-state index in [1.165, 1.54) is 11.1 Å². The van der Waals surface area contributed by atoms with Crippen LogP contribution in [0.1, 0.15) is 30.5 Å². The number of hydrogen-bond acceptors (Lipinski definition) is 3. The molecule has 4 nitrogen and oxygen atoms in total. The zero-order valence-electron chi connectivity index (χ0n) is 15.5. The molecule has 1 N–H and O–H groups in total. The highest BCUT2D eigenvalue weighted by atomic mass is 16.5. The molecule has 4 heteroatoms. The lowest BCUT2D eigenvalue weighted by Gasteiger charge is -2.16. The minimum absolute atomic E-state index is 0.148. The van der Waals surface area contributed by atoms with E-state index < -0.39 is 6.10 Å². The number of amides is 1. The largest absolute Gasteiger partial charge is 0.492 e. The van der Waals surface area contributed by atoms with Crippen LogP contribution < -0.4 is 14.8 Å². The van der Waals surface area contributed by atoms with Gasteiger partial charge in [0.05, 0.1) is 6.54 Å². The Labute approximate surface area is 150 Å². The average Bonchev–Trinajstić information content (AvgIpc) is 2.61. The van der Waals surface area contributed by atoms with Crippen LogP contribution in [-0.4, -0.2) is 25.2 Å². The first-order valence-electron chi connectivity index (χ1n) is 8.73.